The summed E-state index contributed by atoms with van der Waals surface area (Å²) in [6.07, 6.45) is 1.98. The monoisotopic (exact) mass is 299 g/mol. The second kappa shape index (κ2) is 5.99. The fourth-order valence-electron chi connectivity index (χ4n) is 2.17. The first kappa shape index (κ1) is 15.1. The zero-order valence-corrected chi connectivity index (χ0v) is 12.6. The minimum absolute atomic E-state index is 0.129. The van der Waals surface area contributed by atoms with Gasteiger partial charge in [-0.15, -0.1) is 0 Å². The molecule has 1 fully saturated rings. The Labute approximate surface area is 120 Å². The van der Waals surface area contributed by atoms with Crippen LogP contribution in [0.4, 0.5) is 11.4 Å². The van der Waals surface area contributed by atoms with Crippen LogP contribution in [0.1, 0.15) is 12.8 Å². The second-order valence-corrected chi connectivity index (χ2v) is 7.18. The van der Waals surface area contributed by atoms with Crippen molar-refractivity contribution in [3.8, 4) is 0 Å². The van der Waals surface area contributed by atoms with Gasteiger partial charge in [0, 0.05) is 26.7 Å². The van der Waals surface area contributed by atoms with Crippen LogP contribution in [-0.2, 0) is 14.8 Å². The van der Waals surface area contributed by atoms with Crippen molar-refractivity contribution < 1.29 is 13.2 Å². The van der Waals surface area contributed by atoms with E-state index in [2.05, 4.69) is 5.32 Å². The average molecular weight is 299 g/mol. The SMILES string of the molecule is CN(C)S(=O)(=O)c1cccc(NC2CCCOC2)c1N. The molecule has 1 saturated heterocycles. The number of nitrogens with one attached hydrogen (secondary N) is 1. The summed E-state index contributed by atoms with van der Waals surface area (Å²) < 4.78 is 30.9. The van der Waals surface area contributed by atoms with E-state index in [1.54, 1.807) is 12.1 Å². The van der Waals surface area contributed by atoms with Gasteiger partial charge in [-0.1, -0.05) is 6.07 Å². The maximum atomic E-state index is 12.2. The van der Waals surface area contributed by atoms with E-state index < -0.39 is 10.0 Å². The molecule has 0 spiro atoms. The summed E-state index contributed by atoms with van der Waals surface area (Å²) in [6, 6.07) is 5.17. The van der Waals surface area contributed by atoms with E-state index in [0.717, 1.165) is 23.8 Å². The molecule has 1 atom stereocenters. The van der Waals surface area contributed by atoms with Crippen LogP contribution >= 0.6 is 0 Å². The van der Waals surface area contributed by atoms with Crippen molar-refractivity contribution in [1.29, 1.82) is 0 Å². The standard InChI is InChI=1S/C13H21N3O3S/c1-16(2)20(17,18)12-7-3-6-11(13(12)14)15-10-5-4-8-19-9-10/h3,6-7,10,15H,4-5,8-9,14H2,1-2H3. The Morgan fingerprint density at radius 1 is 1.40 bits per heavy atom. The van der Waals surface area contributed by atoms with Crippen LogP contribution in [0, 0.1) is 0 Å². The van der Waals surface area contributed by atoms with Crippen LogP contribution < -0.4 is 11.1 Å². The molecule has 1 aromatic rings. The molecule has 1 heterocycles. The van der Waals surface area contributed by atoms with Crippen molar-refractivity contribution in [2.75, 3.05) is 38.4 Å². The molecule has 0 bridgehead atoms. The molecule has 2 rings (SSSR count). The van der Waals surface area contributed by atoms with E-state index >= 15 is 0 Å². The predicted octanol–water partition coefficient (Wildman–Crippen LogP) is 1.11. The van der Waals surface area contributed by atoms with Gasteiger partial charge < -0.3 is 15.8 Å². The zero-order valence-electron chi connectivity index (χ0n) is 11.8. The average Bonchev–Trinajstić information content (AvgIpc) is 2.42. The number of hydrogen-bond donors (Lipinski definition) is 2. The van der Waals surface area contributed by atoms with Crippen LogP contribution in [0.2, 0.25) is 0 Å². The van der Waals surface area contributed by atoms with Gasteiger partial charge in [0.1, 0.15) is 4.90 Å². The maximum Gasteiger partial charge on any atom is 0.244 e. The van der Waals surface area contributed by atoms with Gasteiger partial charge in [-0.3, -0.25) is 0 Å². The molecule has 1 aliphatic heterocycles. The number of ether oxygens (including phenoxy) is 1. The van der Waals surface area contributed by atoms with Gasteiger partial charge in [0.2, 0.25) is 10.0 Å². The number of para-hydroxylation sites is 1. The summed E-state index contributed by atoms with van der Waals surface area (Å²) in [5, 5.41) is 3.27. The molecule has 20 heavy (non-hydrogen) atoms. The number of nitrogen functional groups attached to an aromatic ring is 1. The third-order valence-electron chi connectivity index (χ3n) is 3.34. The Kier molecular flexibility index (Phi) is 4.52. The van der Waals surface area contributed by atoms with Crippen molar-refractivity contribution in [3.05, 3.63) is 18.2 Å². The molecular formula is C13H21N3O3S. The molecule has 3 N–H and O–H groups in total. The molecular weight excluding hydrogens is 278 g/mol. The lowest BCUT2D eigenvalue weighted by Gasteiger charge is -2.25. The largest absolute Gasteiger partial charge is 0.396 e. The van der Waals surface area contributed by atoms with Gasteiger partial charge in [-0.05, 0) is 25.0 Å². The van der Waals surface area contributed by atoms with E-state index in [1.807, 2.05) is 0 Å². The highest BCUT2D eigenvalue weighted by Gasteiger charge is 2.23. The fourth-order valence-corrected chi connectivity index (χ4v) is 3.20. The molecule has 0 radical (unpaired) electrons. The topological polar surface area (TPSA) is 84.7 Å². The highest BCUT2D eigenvalue weighted by Crippen LogP contribution is 2.29. The van der Waals surface area contributed by atoms with Crippen molar-refractivity contribution >= 4 is 21.4 Å². The summed E-state index contributed by atoms with van der Waals surface area (Å²) in [4.78, 5) is 0.129. The summed E-state index contributed by atoms with van der Waals surface area (Å²) in [6.45, 7) is 1.40. The highest BCUT2D eigenvalue weighted by atomic mass is 32.2. The summed E-state index contributed by atoms with van der Waals surface area (Å²) in [5.74, 6) is 0. The highest BCUT2D eigenvalue weighted by molar-refractivity contribution is 7.89. The molecule has 112 valence electrons. The minimum Gasteiger partial charge on any atom is -0.396 e. The van der Waals surface area contributed by atoms with Crippen molar-refractivity contribution in [2.24, 2.45) is 0 Å². The number of nitrogens with two attached hydrogens (primary N) is 1. The maximum absolute atomic E-state index is 12.2. The third kappa shape index (κ3) is 3.05. The summed E-state index contributed by atoms with van der Waals surface area (Å²) in [7, 11) is -0.554. The molecule has 1 unspecified atom stereocenters. The van der Waals surface area contributed by atoms with Gasteiger partial charge in [-0.25, -0.2) is 12.7 Å². The first-order valence-electron chi connectivity index (χ1n) is 6.58. The molecule has 6 nitrogen and oxygen atoms in total. The van der Waals surface area contributed by atoms with Gasteiger partial charge in [0.25, 0.3) is 0 Å². The smallest absolute Gasteiger partial charge is 0.244 e. The molecule has 0 saturated carbocycles. The Bertz CT molecular complexity index is 566. The first-order chi connectivity index (χ1) is 9.43. The van der Waals surface area contributed by atoms with Gasteiger partial charge in [-0.2, -0.15) is 0 Å². The molecule has 0 amide bonds. The fraction of sp³-hybridized carbons (Fsp3) is 0.538. The van der Waals surface area contributed by atoms with E-state index in [1.165, 1.54) is 20.2 Å². The van der Waals surface area contributed by atoms with Crippen molar-refractivity contribution in [1.82, 2.24) is 4.31 Å². The van der Waals surface area contributed by atoms with E-state index in [-0.39, 0.29) is 16.6 Å². The Balaban J connectivity index is 2.27. The lowest BCUT2D eigenvalue weighted by molar-refractivity contribution is 0.0876. The van der Waals surface area contributed by atoms with Gasteiger partial charge in [0.15, 0.2) is 0 Å². The first-order valence-corrected chi connectivity index (χ1v) is 8.02. The quantitative estimate of drug-likeness (QED) is 0.814. The van der Waals surface area contributed by atoms with Crippen LogP contribution in [0.15, 0.2) is 23.1 Å². The van der Waals surface area contributed by atoms with Crippen LogP contribution in [0.5, 0.6) is 0 Å². The molecule has 0 aromatic heterocycles. The Hall–Kier alpha value is -1.31. The number of anilines is 2. The number of rotatable bonds is 4. The molecule has 7 heteroatoms. The van der Waals surface area contributed by atoms with E-state index in [0.29, 0.717) is 12.3 Å². The number of nitrogens with zero attached hydrogens (tertiary/aromatic N) is 1. The summed E-state index contributed by atoms with van der Waals surface area (Å²) >= 11 is 0. The second-order valence-electron chi connectivity index (χ2n) is 5.06. The Morgan fingerprint density at radius 3 is 2.75 bits per heavy atom. The zero-order chi connectivity index (χ0) is 14.8. The van der Waals surface area contributed by atoms with Crippen LogP contribution in [0.25, 0.3) is 0 Å². The van der Waals surface area contributed by atoms with Gasteiger partial charge >= 0.3 is 0 Å². The number of benzene rings is 1. The van der Waals surface area contributed by atoms with Crippen LogP contribution in [-0.4, -0.2) is 46.1 Å². The lowest BCUT2D eigenvalue weighted by atomic mass is 10.1. The normalized spacial score (nSPS) is 20.1. The van der Waals surface area contributed by atoms with E-state index in [4.69, 9.17) is 10.5 Å². The van der Waals surface area contributed by atoms with Crippen molar-refractivity contribution in [3.63, 3.8) is 0 Å². The Morgan fingerprint density at radius 2 is 2.15 bits per heavy atom. The minimum atomic E-state index is -3.53. The molecule has 0 aliphatic carbocycles. The lowest BCUT2D eigenvalue weighted by Crippen LogP contribution is -2.30. The predicted molar refractivity (Wildman–Crippen MR) is 79.2 cm³/mol. The number of sulfonamides is 1. The van der Waals surface area contributed by atoms with Crippen LogP contribution in [0.3, 0.4) is 0 Å². The van der Waals surface area contributed by atoms with Gasteiger partial charge in [0.05, 0.1) is 18.0 Å². The van der Waals surface area contributed by atoms with E-state index in [9.17, 15) is 8.42 Å². The van der Waals surface area contributed by atoms with Crippen molar-refractivity contribution in [2.45, 2.75) is 23.8 Å². The number of hydrogen-bond acceptors (Lipinski definition) is 5. The third-order valence-corrected chi connectivity index (χ3v) is 5.22. The summed E-state index contributed by atoms with van der Waals surface area (Å²) in [5.41, 5.74) is 6.91. The molecule has 1 aliphatic rings. The molecule has 1 aromatic carbocycles.